The van der Waals surface area contributed by atoms with E-state index in [-0.39, 0.29) is 4.83 Å². The van der Waals surface area contributed by atoms with Crippen LogP contribution in [0.3, 0.4) is 0 Å². The Hall–Kier alpha value is -0.510. The number of thiophene rings is 1. The number of rotatable bonds is 3. The van der Waals surface area contributed by atoms with Gasteiger partial charge in [0.15, 0.2) is 0 Å². The second kappa shape index (κ2) is 5.42. The van der Waals surface area contributed by atoms with Gasteiger partial charge in [-0.25, -0.2) is 0 Å². The average molecular weight is 332 g/mol. The molecule has 2 aromatic rings. The Morgan fingerprint density at radius 2 is 2.12 bits per heavy atom. The van der Waals surface area contributed by atoms with Crippen LogP contribution in [-0.2, 0) is 0 Å². The first kappa shape index (κ1) is 12.9. The molecule has 1 aromatic heterocycles. The van der Waals surface area contributed by atoms with E-state index in [4.69, 9.17) is 16.3 Å². The summed E-state index contributed by atoms with van der Waals surface area (Å²) in [6, 6.07) is 8.09. The largest absolute Gasteiger partial charge is 0.496 e. The van der Waals surface area contributed by atoms with Gasteiger partial charge in [-0.1, -0.05) is 39.7 Å². The van der Waals surface area contributed by atoms with Crippen molar-refractivity contribution in [2.75, 3.05) is 7.11 Å². The van der Waals surface area contributed by atoms with Gasteiger partial charge in [0.2, 0.25) is 0 Å². The first-order valence-corrected chi connectivity index (χ1v) is 7.32. The maximum atomic E-state index is 6.14. The van der Waals surface area contributed by atoms with E-state index in [1.165, 1.54) is 5.56 Å². The molecule has 0 spiro atoms. The number of benzene rings is 1. The van der Waals surface area contributed by atoms with Crippen molar-refractivity contribution in [1.82, 2.24) is 0 Å². The third-order valence-electron chi connectivity index (χ3n) is 2.59. The van der Waals surface area contributed by atoms with Gasteiger partial charge in [0.1, 0.15) is 5.75 Å². The minimum absolute atomic E-state index is 0.139. The van der Waals surface area contributed by atoms with E-state index < -0.39 is 0 Å². The molecule has 1 atom stereocenters. The molecule has 17 heavy (non-hydrogen) atoms. The van der Waals surface area contributed by atoms with Crippen LogP contribution in [0.4, 0.5) is 0 Å². The molecule has 2 rings (SSSR count). The topological polar surface area (TPSA) is 9.23 Å². The number of ether oxygens (including phenoxy) is 1. The second-order valence-corrected chi connectivity index (χ2v) is 5.99. The van der Waals surface area contributed by atoms with Crippen molar-refractivity contribution in [3.8, 4) is 5.75 Å². The zero-order chi connectivity index (χ0) is 12.4. The average Bonchev–Trinajstić information content (AvgIpc) is 2.74. The molecular formula is C13H12BrClOS. The maximum absolute atomic E-state index is 6.14. The third-order valence-corrected chi connectivity index (χ3v) is 5.30. The first-order chi connectivity index (χ1) is 8.13. The fraction of sp³-hybridized carbons (Fsp3) is 0.231. The summed E-state index contributed by atoms with van der Waals surface area (Å²) in [5.74, 6) is 0.908. The summed E-state index contributed by atoms with van der Waals surface area (Å²) >= 11 is 11.5. The molecule has 4 heteroatoms. The van der Waals surface area contributed by atoms with Crippen molar-refractivity contribution in [3.05, 3.63) is 50.7 Å². The minimum atomic E-state index is 0.139. The van der Waals surface area contributed by atoms with Crippen molar-refractivity contribution in [3.63, 3.8) is 0 Å². The summed E-state index contributed by atoms with van der Waals surface area (Å²) in [5, 5.41) is 2.81. The van der Waals surface area contributed by atoms with Gasteiger partial charge in [0.05, 0.1) is 17.0 Å². The Morgan fingerprint density at radius 1 is 1.35 bits per heavy atom. The normalized spacial score (nSPS) is 12.5. The predicted octanol–water partition coefficient (Wildman–Crippen LogP) is 5.20. The van der Waals surface area contributed by atoms with Crippen LogP contribution in [0.5, 0.6) is 5.75 Å². The van der Waals surface area contributed by atoms with Crippen LogP contribution < -0.4 is 4.74 Å². The second-order valence-electron chi connectivity index (χ2n) is 3.72. The zero-order valence-corrected chi connectivity index (χ0v) is 12.7. The van der Waals surface area contributed by atoms with Gasteiger partial charge in [-0.3, -0.25) is 0 Å². The molecule has 0 amide bonds. The summed E-state index contributed by atoms with van der Waals surface area (Å²) in [4.78, 5) is 1.27. The first-order valence-electron chi connectivity index (χ1n) is 5.15. The molecule has 0 aliphatic rings. The Balaban J connectivity index is 2.35. The Kier molecular flexibility index (Phi) is 4.13. The van der Waals surface area contributed by atoms with Crippen LogP contribution in [0.2, 0.25) is 5.02 Å². The molecule has 0 aliphatic carbocycles. The van der Waals surface area contributed by atoms with Crippen molar-refractivity contribution in [2.45, 2.75) is 11.8 Å². The number of hydrogen-bond donors (Lipinski definition) is 0. The molecule has 0 radical (unpaired) electrons. The van der Waals surface area contributed by atoms with E-state index >= 15 is 0 Å². The number of aryl methyl sites for hydroxylation is 1. The fourth-order valence-corrected chi connectivity index (χ4v) is 3.85. The highest BCUT2D eigenvalue weighted by Gasteiger charge is 2.15. The third kappa shape index (κ3) is 2.67. The van der Waals surface area contributed by atoms with E-state index in [1.807, 2.05) is 24.4 Å². The van der Waals surface area contributed by atoms with Gasteiger partial charge in [0, 0.05) is 4.88 Å². The van der Waals surface area contributed by atoms with Crippen molar-refractivity contribution < 1.29 is 4.74 Å². The molecule has 0 aliphatic heterocycles. The lowest BCUT2D eigenvalue weighted by Gasteiger charge is -2.12. The van der Waals surface area contributed by atoms with Crippen molar-refractivity contribution in [1.29, 1.82) is 0 Å². The van der Waals surface area contributed by atoms with Crippen LogP contribution in [0.25, 0.3) is 0 Å². The number of methoxy groups -OCH3 is 1. The fourth-order valence-electron chi connectivity index (χ4n) is 1.70. The Labute approximate surface area is 119 Å². The monoisotopic (exact) mass is 330 g/mol. The van der Waals surface area contributed by atoms with Gasteiger partial charge in [-0.05, 0) is 35.6 Å². The van der Waals surface area contributed by atoms with Crippen LogP contribution in [0.15, 0.2) is 29.6 Å². The molecule has 1 heterocycles. The van der Waals surface area contributed by atoms with Crippen molar-refractivity contribution >= 4 is 38.9 Å². The van der Waals surface area contributed by atoms with Crippen LogP contribution >= 0.6 is 38.9 Å². The smallest absolute Gasteiger partial charge is 0.121 e. The molecule has 0 bridgehead atoms. The lowest BCUT2D eigenvalue weighted by molar-refractivity contribution is 0.411. The molecule has 1 unspecified atom stereocenters. The van der Waals surface area contributed by atoms with Gasteiger partial charge in [-0.15, -0.1) is 11.3 Å². The van der Waals surface area contributed by atoms with E-state index in [0.29, 0.717) is 0 Å². The maximum Gasteiger partial charge on any atom is 0.121 e. The minimum Gasteiger partial charge on any atom is -0.496 e. The number of alkyl halides is 1. The van der Waals surface area contributed by atoms with Crippen LogP contribution in [0, 0.1) is 6.92 Å². The van der Waals surface area contributed by atoms with Gasteiger partial charge >= 0.3 is 0 Å². The van der Waals surface area contributed by atoms with E-state index in [2.05, 4.69) is 28.1 Å². The molecule has 0 N–H and O–H groups in total. The SMILES string of the molecule is COc1ccc(C(Br)c2sccc2Cl)cc1C. The van der Waals surface area contributed by atoms with Gasteiger partial charge in [0.25, 0.3) is 0 Å². The summed E-state index contributed by atoms with van der Waals surface area (Å²) < 4.78 is 5.26. The molecular weight excluding hydrogens is 320 g/mol. The Bertz CT molecular complexity index is 524. The molecule has 1 nitrogen and oxygen atoms in total. The molecule has 90 valence electrons. The molecule has 0 saturated heterocycles. The van der Waals surface area contributed by atoms with Crippen molar-refractivity contribution in [2.24, 2.45) is 0 Å². The van der Waals surface area contributed by atoms with E-state index in [1.54, 1.807) is 18.4 Å². The lowest BCUT2D eigenvalue weighted by Crippen LogP contribution is -1.93. The standard InChI is InChI=1S/C13H12BrClOS/c1-8-7-9(3-4-11(8)16-2)12(14)13-10(15)5-6-17-13/h3-7,12H,1-2H3. The summed E-state index contributed by atoms with van der Waals surface area (Å²) in [7, 11) is 1.68. The highest BCUT2D eigenvalue weighted by molar-refractivity contribution is 9.09. The molecule has 0 fully saturated rings. The van der Waals surface area contributed by atoms with E-state index in [9.17, 15) is 0 Å². The van der Waals surface area contributed by atoms with E-state index in [0.717, 1.165) is 21.2 Å². The number of halogens is 2. The zero-order valence-electron chi connectivity index (χ0n) is 9.54. The van der Waals surface area contributed by atoms with Crippen LogP contribution in [-0.4, -0.2) is 7.11 Å². The molecule has 0 saturated carbocycles. The predicted molar refractivity (Wildman–Crippen MR) is 77.8 cm³/mol. The lowest BCUT2D eigenvalue weighted by atomic mass is 10.1. The number of hydrogen-bond acceptors (Lipinski definition) is 2. The Morgan fingerprint density at radius 3 is 2.65 bits per heavy atom. The molecule has 1 aromatic carbocycles. The van der Waals surface area contributed by atoms with Crippen LogP contribution in [0.1, 0.15) is 20.8 Å². The van der Waals surface area contributed by atoms with Gasteiger partial charge in [-0.2, -0.15) is 0 Å². The van der Waals surface area contributed by atoms with Gasteiger partial charge < -0.3 is 4.74 Å². The summed E-state index contributed by atoms with van der Waals surface area (Å²) in [6.45, 7) is 2.04. The highest BCUT2D eigenvalue weighted by atomic mass is 79.9. The summed E-state index contributed by atoms with van der Waals surface area (Å²) in [5.41, 5.74) is 2.31. The highest BCUT2D eigenvalue weighted by Crippen LogP contribution is 2.39. The summed E-state index contributed by atoms with van der Waals surface area (Å²) in [6.07, 6.45) is 0. The quantitative estimate of drug-likeness (QED) is 0.702.